The lowest BCUT2D eigenvalue weighted by atomic mass is 10.2. The molecule has 8 heteroatoms. The van der Waals surface area contributed by atoms with Crippen molar-refractivity contribution in [3.63, 3.8) is 0 Å². The lowest BCUT2D eigenvalue weighted by Gasteiger charge is -2.37. The Balaban J connectivity index is 1.71. The summed E-state index contributed by atoms with van der Waals surface area (Å²) in [6.07, 6.45) is -0.900. The van der Waals surface area contributed by atoms with Gasteiger partial charge in [-0.15, -0.1) is 0 Å². The highest BCUT2D eigenvalue weighted by molar-refractivity contribution is 9.10. The maximum absolute atomic E-state index is 12.9. The monoisotopic (exact) mass is 393 g/mol. The first-order valence-corrected chi connectivity index (χ1v) is 8.18. The average molecular weight is 394 g/mol. The molecular weight excluding hydrogens is 380 g/mol. The Morgan fingerprint density at radius 1 is 1.08 bits per heavy atom. The van der Waals surface area contributed by atoms with E-state index in [-0.39, 0.29) is 5.69 Å². The van der Waals surface area contributed by atoms with Crippen LogP contribution in [0.25, 0.3) is 0 Å². The van der Waals surface area contributed by atoms with Gasteiger partial charge in [0.05, 0.1) is 16.4 Å². The van der Waals surface area contributed by atoms with E-state index in [2.05, 4.69) is 30.8 Å². The summed E-state index contributed by atoms with van der Waals surface area (Å²) in [4.78, 5) is 12.3. The summed E-state index contributed by atoms with van der Waals surface area (Å²) in [5.74, 6) is 0.547. The van der Waals surface area contributed by atoms with E-state index in [9.17, 15) is 8.78 Å². The van der Waals surface area contributed by atoms with Crippen molar-refractivity contribution in [1.82, 2.24) is 9.97 Å². The number of pyridine rings is 2. The average Bonchev–Trinajstić information content (AvgIpc) is 2.62. The molecule has 5 nitrogen and oxygen atoms in total. The van der Waals surface area contributed by atoms with Crippen molar-refractivity contribution in [2.45, 2.75) is 6.43 Å². The molecule has 24 heavy (non-hydrogen) atoms. The smallest absolute Gasteiger partial charge is 0.280 e. The molecule has 1 saturated heterocycles. The quantitative estimate of drug-likeness (QED) is 0.799. The zero-order valence-electron chi connectivity index (χ0n) is 12.7. The molecule has 1 aliphatic heterocycles. The summed E-state index contributed by atoms with van der Waals surface area (Å²) in [6.45, 7) is 2.78. The van der Waals surface area contributed by atoms with E-state index >= 15 is 0 Å². The van der Waals surface area contributed by atoms with Crippen molar-refractivity contribution < 1.29 is 8.78 Å². The third kappa shape index (κ3) is 3.46. The molecule has 0 radical (unpaired) electrons. The number of anilines is 2. The molecule has 0 N–H and O–H groups in total. The maximum Gasteiger partial charge on any atom is 0.280 e. The lowest BCUT2D eigenvalue weighted by Crippen LogP contribution is -2.47. The van der Waals surface area contributed by atoms with E-state index < -0.39 is 6.43 Å². The summed E-state index contributed by atoms with van der Waals surface area (Å²) in [5.41, 5.74) is 1.11. The number of piperazine rings is 1. The number of nitrogens with zero attached hydrogens (tertiary/aromatic N) is 5. The number of aromatic nitrogens is 2. The van der Waals surface area contributed by atoms with Crippen molar-refractivity contribution >= 4 is 27.4 Å². The van der Waals surface area contributed by atoms with Crippen molar-refractivity contribution in [2.24, 2.45) is 0 Å². The van der Waals surface area contributed by atoms with Gasteiger partial charge in [-0.25, -0.2) is 18.7 Å². The van der Waals surface area contributed by atoms with E-state index in [0.29, 0.717) is 29.1 Å². The fourth-order valence-corrected chi connectivity index (χ4v) is 3.08. The first-order chi connectivity index (χ1) is 11.6. The van der Waals surface area contributed by atoms with E-state index in [0.717, 1.165) is 18.8 Å². The maximum atomic E-state index is 12.9. The van der Waals surface area contributed by atoms with Crippen LogP contribution in [0.5, 0.6) is 0 Å². The van der Waals surface area contributed by atoms with Gasteiger partial charge in [-0.3, -0.25) is 0 Å². The highest BCUT2D eigenvalue weighted by Crippen LogP contribution is 2.29. The van der Waals surface area contributed by atoms with E-state index in [1.807, 2.05) is 17.0 Å². The predicted octanol–water partition coefficient (Wildman–Crippen LogP) is 3.37. The topological polar surface area (TPSA) is 56.1 Å². The minimum atomic E-state index is -2.58. The third-order valence-corrected chi connectivity index (χ3v) is 4.50. The van der Waals surface area contributed by atoms with Crippen LogP contribution in [-0.2, 0) is 0 Å². The highest BCUT2D eigenvalue weighted by atomic mass is 79.9. The summed E-state index contributed by atoms with van der Waals surface area (Å²) in [5, 5.41) is 8.79. The molecule has 124 valence electrons. The Kier molecular flexibility index (Phi) is 4.90. The lowest BCUT2D eigenvalue weighted by molar-refractivity contribution is 0.146. The first kappa shape index (κ1) is 16.6. The molecule has 0 aliphatic carbocycles. The molecule has 0 saturated carbocycles. The zero-order valence-corrected chi connectivity index (χ0v) is 14.2. The first-order valence-electron chi connectivity index (χ1n) is 7.39. The van der Waals surface area contributed by atoms with E-state index in [1.54, 1.807) is 18.3 Å². The van der Waals surface area contributed by atoms with Crippen molar-refractivity contribution in [3.05, 3.63) is 46.3 Å². The Bertz CT molecular complexity index is 752. The van der Waals surface area contributed by atoms with Crippen molar-refractivity contribution in [3.8, 4) is 6.07 Å². The van der Waals surface area contributed by atoms with Crippen LogP contribution in [-0.4, -0.2) is 36.1 Å². The summed E-state index contributed by atoms with van der Waals surface area (Å²) >= 11 is 3.39. The standard InChI is InChI=1S/C16H14BrF2N5/c17-13-3-4-14(15(18)19)22-16(13)24-7-5-23(6-8-24)12-2-1-11(9-20)21-10-12/h1-4,10,15H,5-8H2. The molecule has 2 aromatic heterocycles. The molecule has 0 unspecified atom stereocenters. The molecule has 1 aliphatic rings. The fourth-order valence-electron chi connectivity index (χ4n) is 2.61. The largest absolute Gasteiger partial charge is 0.367 e. The van der Waals surface area contributed by atoms with Gasteiger partial charge in [0, 0.05) is 26.2 Å². The number of hydrogen-bond donors (Lipinski definition) is 0. The number of hydrogen-bond acceptors (Lipinski definition) is 5. The minimum Gasteiger partial charge on any atom is -0.367 e. The highest BCUT2D eigenvalue weighted by Gasteiger charge is 2.22. The molecule has 3 rings (SSSR count). The summed E-state index contributed by atoms with van der Waals surface area (Å²) in [6, 6.07) is 8.49. The molecule has 3 heterocycles. The molecule has 1 fully saturated rings. The number of halogens is 3. The molecule has 0 atom stereocenters. The van der Waals surface area contributed by atoms with Gasteiger partial charge in [-0.1, -0.05) is 0 Å². The van der Waals surface area contributed by atoms with Crippen LogP contribution in [0.2, 0.25) is 0 Å². The molecule has 0 spiro atoms. The third-order valence-electron chi connectivity index (χ3n) is 3.88. The van der Waals surface area contributed by atoms with E-state index in [4.69, 9.17) is 5.26 Å². The van der Waals surface area contributed by atoms with Crippen LogP contribution in [0.4, 0.5) is 20.3 Å². The summed E-state index contributed by atoms with van der Waals surface area (Å²) in [7, 11) is 0. The molecular formula is C16H14BrF2N5. The van der Waals surface area contributed by atoms with Crippen LogP contribution in [0.15, 0.2) is 34.9 Å². The van der Waals surface area contributed by atoms with Gasteiger partial charge in [-0.05, 0) is 40.2 Å². The minimum absolute atomic E-state index is 0.216. The number of rotatable bonds is 3. The predicted molar refractivity (Wildman–Crippen MR) is 90.3 cm³/mol. The fraction of sp³-hybridized carbons (Fsp3) is 0.312. The Morgan fingerprint density at radius 3 is 2.38 bits per heavy atom. The van der Waals surface area contributed by atoms with Crippen molar-refractivity contribution in [1.29, 1.82) is 5.26 Å². The Morgan fingerprint density at radius 2 is 1.79 bits per heavy atom. The molecule has 0 amide bonds. The van der Waals surface area contributed by atoms with E-state index in [1.165, 1.54) is 6.07 Å². The Hall–Kier alpha value is -2.27. The molecule has 0 aromatic carbocycles. The SMILES string of the molecule is N#Cc1ccc(N2CCN(c3nc(C(F)F)ccc3Br)CC2)cn1. The van der Waals surface area contributed by atoms with Gasteiger partial charge in [0.15, 0.2) is 0 Å². The zero-order chi connectivity index (χ0) is 17.1. The second-order valence-corrected chi connectivity index (χ2v) is 6.18. The molecule has 2 aromatic rings. The normalized spacial score (nSPS) is 14.8. The van der Waals surface area contributed by atoms with Gasteiger partial charge in [0.1, 0.15) is 23.3 Å². The second-order valence-electron chi connectivity index (χ2n) is 5.33. The molecule has 0 bridgehead atoms. The van der Waals surface area contributed by atoms with Crippen LogP contribution in [0.3, 0.4) is 0 Å². The van der Waals surface area contributed by atoms with Gasteiger partial charge < -0.3 is 9.80 Å². The second kappa shape index (κ2) is 7.09. The van der Waals surface area contributed by atoms with Crippen LogP contribution < -0.4 is 9.80 Å². The van der Waals surface area contributed by atoms with Gasteiger partial charge in [0.2, 0.25) is 0 Å². The van der Waals surface area contributed by atoms with Crippen LogP contribution in [0.1, 0.15) is 17.8 Å². The summed E-state index contributed by atoms with van der Waals surface area (Å²) < 4.78 is 26.4. The number of alkyl halides is 2. The number of nitriles is 1. The van der Waals surface area contributed by atoms with Crippen molar-refractivity contribution in [2.75, 3.05) is 36.0 Å². The van der Waals surface area contributed by atoms with Crippen LogP contribution >= 0.6 is 15.9 Å². The van der Waals surface area contributed by atoms with Gasteiger partial charge in [0.25, 0.3) is 6.43 Å². The van der Waals surface area contributed by atoms with Gasteiger partial charge in [-0.2, -0.15) is 5.26 Å². The Labute approximate surface area is 146 Å². The van der Waals surface area contributed by atoms with Gasteiger partial charge >= 0.3 is 0 Å². The van der Waals surface area contributed by atoms with Crippen LogP contribution in [0, 0.1) is 11.3 Å².